The standard InChI is InChI=1S/C61H47N3O2/c1-39(65)34-51(66)33-32-42-14-4-7-18-54(42)48-35-49(57-21-10-8-19-55(57)43-24-28-45(29-25-43)60-38-47-15-5-6-16-52(47)40(2)62-60)37-50(36-48)58-22-11-9-20-56(58)44-26-30-46(31-27-44)61-63-41(3)53-17-12-13-23-59(53)64-61/h4-31,34-38,65H,32-33H2,1-3H3/b39-34-. The number of aliphatic hydroxyl groups is 1. The summed E-state index contributed by atoms with van der Waals surface area (Å²) in [6.07, 6.45) is 2.14. The smallest absolute Gasteiger partial charge is 0.160 e. The maximum absolute atomic E-state index is 12.8. The van der Waals surface area contributed by atoms with Crippen LogP contribution in [0.1, 0.15) is 30.3 Å². The number of fused-ring (bicyclic) bond motifs is 2. The van der Waals surface area contributed by atoms with Crippen molar-refractivity contribution in [3.8, 4) is 78.3 Å². The number of aliphatic hydroxyl groups excluding tert-OH is 1. The van der Waals surface area contributed by atoms with Gasteiger partial charge in [-0.15, -0.1) is 0 Å². The summed E-state index contributed by atoms with van der Waals surface area (Å²) in [6, 6.07) is 68.4. The molecule has 0 spiro atoms. The normalized spacial score (nSPS) is 11.6. The Bertz CT molecular complexity index is 3280. The molecule has 0 atom stereocenters. The number of pyridine rings is 1. The third kappa shape index (κ3) is 8.55. The number of carbonyl (C=O) groups excluding carboxylic acids is 1. The van der Waals surface area contributed by atoms with Gasteiger partial charge in [0, 0.05) is 45.8 Å². The molecule has 0 saturated carbocycles. The number of ketones is 1. The second-order valence-corrected chi connectivity index (χ2v) is 16.9. The van der Waals surface area contributed by atoms with Gasteiger partial charge in [0.25, 0.3) is 0 Å². The van der Waals surface area contributed by atoms with E-state index >= 15 is 0 Å². The van der Waals surface area contributed by atoms with Crippen LogP contribution in [-0.4, -0.2) is 25.8 Å². The van der Waals surface area contributed by atoms with E-state index in [4.69, 9.17) is 15.0 Å². The van der Waals surface area contributed by atoms with Gasteiger partial charge in [0.2, 0.25) is 0 Å². The molecule has 0 fully saturated rings. The van der Waals surface area contributed by atoms with Crippen LogP contribution < -0.4 is 0 Å². The van der Waals surface area contributed by atoms with E-state index in [9.17, 15) is 9.90 Å². The molecular weight excluding hydrogens is 807 g/mol. The maximum Gasteiger partial charge on any atom is 0.160 e. The number of aryl methyl sites for hydroxylation is 3. The first-order chi connectivity index (χ1) is 32.3. The highest BCUT2D eigenvalue weighted by Crippen LogP contribution is 2.41. The zero-order valence-electron chi connectivity index (χ0n) is 37.2. The molecule has 0 aliphatic heterocycles. The SMILES string of the molecule is C/C(O)=C/C(=O)CCc1ccccc1-c1cc(-c2ccccc2-c2ccc(-c3cc4ccccc4c(C)n3)cc2)cc(-c2ccccc2-c2ccc(-c3nc(C)c4ccccc4n3)cc2)c1. The van der Waals surface area contributed by atoms with Gasteiger partial charge in [-0.1, -0.05) is 164 Å². The number of benzene rings is 8. The molecule has 10 rings (SSSR count). The molecule has 0 radical (unpaired) electrons. The quantitative estimate of drug-likeness (QED) is 0.104. The number of allylic oxidation sites excluding steroid dienone is 2. The van der Waals surface area contributed by atoms with Gasteiger partial charge >= 0.3 is 0 Å². The molecule has 66 heavy (non-hydrogen) atoms. The summed E-state index contributed by atoms with van der Waals surface area (Å²) >= 11 is 0. The van der Waals surface area contributed by atoms with E-state index in [-0.39, 0.29) is 18.0 Å². The van der Waals surface area contributed by atoms with Crippen molar-refractivity contribution in [1.82, 2.24) is 15.0 Å². The molecule has 1 N–H and O–H groups in total. The van der Waals surface area contributed by atoms with Gasteiger partial charge < -0.3 is 5.11 Å². The van der Waals surface area contributed by atoms with Crippen molar-refractivity contribution in [2.45, 2.75) is 33.6 Å². The molecule has 5 nitrogen and oxygen atoms in total. The Hall–Kier alpha value is -8.28. The van der Waals surface area contributed by atoms with Crippen molar-refractivity contribution in [3.05, 3.63) is 223 Å². The summed E-state index contributed by atoms with van der Waals surface area (Å²) in [6.45, 7) is 5.64. The lowest BCUT2D eigenvalue weighted by Gasteiger charge is -2.18. The molecule has 2 heterocycles. The fourth-order valence-electron chi connectivity index (χ4n) is 9.15. The number of aromatic nitrogens is 3. The van der Waals surface area contributed by atoms with Crippen molar-refractivity contribution < 1.29 is 9.90 Å². The Labute approximate surface area is 385 Å². The van der Waals surface area contributed by atoms with E-state index in [1.807, 2.05) is 31.2 Å². The number of para-hydroxylation sites is 1. The van der Waals surface area contributed by atoms with Crippen LogP contribution in [-0.2, 0) is 11.2 Å². The summed E-state index contributed by atoms with van der Waals surface area (Å²) in [5.74, 6) is 0.623. The summed E-state index contributed by atoms with van der Waals surface area (Å²) in [7, 11) is 0. The van der Waals surface area contributed by atoms with Gasteiger partial charge in [-0.3, -0.25) is 9.78 Å². The van der Waals surface area contributed by atoms with E-state index in [0.717, 1.165) is 100 Å². The van der Waals surface area contributed by atoms with E-state index in [2.05, 4.69) is 177 Å². The molecule has 0 saturated heterocycles. The fraction of sp³-hybridized carbons (Fsp3) is 0.0820. The topological polar surface area (TPSA) is 76.0 Å². The molecule has 2 aromatic heterocycles. The average Bonchev–Trinajstić information content (AvgIpc) is 3.35. The summed E-state index contributed by atoms with van der Waals surface area (Å²) < 4.78 is 0. The Morgan fingerprint density at radius 2 is 0.939 bits per heavy atom. The van der Waals surface area contributed by atoms with E-state index in [0.29, 0.717) is 12.2 Å². The highest BCUT2D eigenvalue weighted by Gasteiger charge is 2.17. The van der Waals surface area contributed by atoms with Crippen LogP contribution in [0.25, 0.3) is 100.0 Å². The monoisotopic (exact) mass is 853 g/mol. The number of hydrogen-bond acceptors (Lipinski definition) is 5. The predicted octanol–water partition coefficient (Wildman–Crippen LogP) is 15.4. The average molecular weight is 854 g/mol. The Balaban J connectivity index is 1.07. The molecule has 0 bridgehead atoms. The highest BCUT2D eigenvalue weighted by molar-refractivity contribution is 5.94. The van der Waals surface area contributed by atoms with E-state index in [1.165, 1.54) is 23.8 Å². The lowest BCUT2D eigenvalue weighted by Crippen LogP contribution is -1.99. The molecule has 0 aliphatic rings. The first-order valence-corrected chi connectivity index (χ1v) is 22.4. The van der Waals surface area contributed by atoms with Gasteiger partial charge in [0.05, 0.1) is 17.0 Å². The van der Waals surface area contributed by atoms with Crippen LogP contribution in [0.5, 0.6) is 0 Å². The first kappa shape index (κ1) is 41.7. The Morgan fingerprint density at radius 3 is 1.56 bits per heavy atom. The number of hydrogen-bond donors (Lipinski definition) is 1. The Morgan fingerprint density at radius 1 is 0.470 bits per heavy atom. The number of carbonyl (C=O) groups is 1. The van der Waals surface area contributed by atoms with Crippen LogP contribution in [0.15, 0.2) is 206 Å². The molecule has 10 aromatic rings. The van der Waals surface area contributed by atoms with Crippen molar-refractivity contribution in [2.75, 3.05) is 0 Å². The number of rotatable bonds is 11. The van der Waals surface area contributed by atoms with Crippen molar-refractivity contribution in [3.63, 3.8) is 0 Å². The zero-order valence-corrected chi connectivity index (χ0v) is 37.2. The summed E-state index contributed by atoms with van der Waals surface area (Å²) in [5, 5.41) is 13.2. The van der Waals surface area contributed by atoms with Crippen molar-refractivity contribution in [1.29, 1.82) is 0 Å². The lowest BCUT2D eigenvalue weighted by atomic mass is 9.86. The van der Waals surface area contributed by atoms with E-state index in [1.54, 1.807) is 0 Å². The minimum absolute atomic E-state index is 0.0183. The van der Waals surface area contributed by atoms with Crippen LogP contribution >= 0.6 is 0 Å². The molecule has 8 aromatic carbocycles. The maximum atomic E-state index is 12.8. The Kier molecular flexibility index (Phi) is 11.4. The van der Waals surface area contributed by atoms with Crippen LogP contribution in [0.2, 0.25) is 0 Å². The van der Waals surface area contributed by atoms with Gasteiger partial charge in [-0.2, -0.15) is 0 Å². The first-order valence-electron chi connectivity index (χ1n) is 22.4. The molecule has 0 aliphatic carbocycles. The number of nitrogens with zero attached hydrogens (tertiary/aromatic N) is 3. The third-order valence-electron chi connectivity index (χ3n) is 12.4. The molecule has 0 amide bonds. The predicted molar refractivity (Wildman–Crippen MR) is 272 cm³/mol. The second-order valence-electron chi connectivity index (χ2n) is 16.9. The van der Waals surface area contributed by atoms with Crippen LogP contribution in [0.4, 0.5) is 0 Å². The van der Waals surface area contributed by atoms with Gasteiger partial charge in [-0.05, 0) is 124 Å². The van der Waals surface area contributed by atoms with Crippen molar-refractivity contribution >= 4 is 27.5 Å². The highest BCUT2D eigenvalue weighted by atomic mass is 16.3. The van der Waals surface area contributed by atoms with Gasteiger partial charge in [-0.25, -0.2) is 9.97 Å². The van der Waals surface area contributed by atoms with Crippen LogP contribution in [0.3, 0.4) is 0 Å². The molecular formula is C61H47N3O2. The molecule has 5 heteroatoms. The summed E-state index contributed by atoms with van der Waals surface area (Å²) in [5.41, 5.74) is 17.8. The minimum atomic E-state index is -0.104. The fourth-order valence-corrected chi connectivity index (χ4v) is 9.15. The second kappa shape index (κ2) is 18.1. The van der Waals surface area contributed by atoms with Gasteiger partial charge in [0.15, 0.2) is 11.6 Å². The molecule has 0 unspecified atom stereocenters. The van der Waals surface area contributed by atoms with E-state index < -0.39 is 0 Å². The van der Waals surface area contributed by atoms with Gasteiger partial charge in [0.1, 0.15) is 0 Å². The lowest BCUT2D eigenvalue weighted by molar-refractivity contribution is -0.114. The third-order valence-corrected chi connectivity index (χ3v) is 12.4. The zero-order chi connectivity index (χ0) is 45.1. The minimum Gasteiger partial charge on any atom is -0.512 e. The van der Waals surface area contributed by atoms with Crippen LogP contribution in [0, 0.1) is 13.8 Å². The molecule has 318 valence electrons. The van der Waals surface area contributed by atoms with Crippen molar-refractivity contribution in [2.24, 2.45) is 0 Å². The largest absolute Gasteiger partial charge is 0.512 e. The summed E-state index contributed by atoms with van der Waals surface area (Å²) in [4.78, 5) is 27.5.